The summed E-state index contributed by atoms with van der Waals surface area (Å²) in [5.74, 6) is 0.364. The average molecular weight is 424 g/mol. The predicted octanol–water partition coefficient (Wildman–Crippen LogP) is 4.44. The SMILES string of the molecule is C=CCc1cc(/C=C2/NC(=O)N(CCC)C2=O)cc(OC)c1OCc1ccc(F)cc1. The van der Waals surface area contributed by atoms with E-state index in [2.05, 4.69) is 11.9 Å². The van der Waals surface area contributed by atoms with Crippen molar-refractivity contribution in [2.45, 2.75) is 26.4 Å². The maximum Gasteiger partial charge on any atom is 0.329 e. The van der Waals surface area contributed by atoms with Crippen LogP contribution in [0.25, 0.3) is 6.08 Å². The number of ether oxygens (including phenoxy) is 2. The van der Waals surface area contributed by atoms with Crippen molar-refractivity contribution >= 4 is 18.0 Å². The Bertz CT molecular complexity index is 1010. The summed E-state index contributed by atoms with van der Waals surface area (Å²) >= 11 is 0. The van der Waals surface area contributed by atoms with Crippen LogP contribution in [0.4, 0.5) is 9.18 Å². The molecular formula is C24H25FN2O4. The van der Waals surface area contributed by atoms with Crippen LogP contribution in [-0.4, -0.2) is 30.5 Å². The van der Waals surface area contributed by atoms with Gasteiger partial charge in [0.2, 0.25) is 0 Å². The summed E-state index contributed by atoms with van der Waals surface area (Å²) in [6, 6.07) is 9.25. The van der Waals surface area contributed by atoms with Crippen molar-refractivity contribution in [2.24, 2.45) is 0 Å². The maximum absolute atomic E-state index is 13.1. The van der Waals surface area contributed by atoms with E-state index in [1.54, 1.807) is 30.4 Å². The fourth-order valence-electron chi connectivity index (χ4n) is 3.29. The zero-order valence-electron chi connectivity index (χ0n) is 17.6. The first-order valence-electron chi connectivity index (χ1n) is 10.00. The van der Waals surface area contributed by atoms with Crippen molar-refractivity contribution < 1.29 is 23.5 Å². The molecule has 1 saturated heterocycles. The van der Waals surface area contributed by atoms with E-state index in [0.717, 1.165) is 11.1 Å². The molecule has 0 spiro atoms. The Morgan fingerprint density at radius 1 is 1.19 bits per heavy atom. The summed E-state index contributed by atoms with van der Waals surface area (Å²) in [6.07, 6.45) is 4.55. The Morgan fingerprint density at radius 3 is 2.58 bits per heavy atom. The molecule has 0 aliphatic carbocycles. The topological polar surface area (TPSA) is 67.9 Å². The predicted molar refractivity (Wildman–Crippen MR) is 116 cm³/mol. The van der Waals surface area contributed by atoms with Crippen LogP contribution in [0.1, 0.15) is 30.0 Å². The number of nitrogens with one attached hydrogen (secondary N) is 1. The molecule has 0 unspecified atom stereocenters. The van der Waals surface area contributed by atoms with Gasteiger partial charge in [-0.1, -0.05) is 25.1 Å². The van der Waals surface area contributed by atoms with Gasteiger partial charge in [-0.3, -0.25) is 9.69 Å². The number of imide groups is 1. The Hall–Kier alpha value is -3.61. The summed E-state index contributed by atoms with van der Waals surface area (Å²) in [4.78, 5) is 25.7. The zero-order chi connectivity index (χ0) is 22.4. The number of amides is 3. The number of benzene rings is 2. The van der Waals surface area contributed by atoms with Gasteiger partial charge in [-0.2, -0.15) is 0 Å². The molecule has 0 bridgehead atoms. The van der Waals surface area contributed by atoms with E-state index < -0.39 is 6.03 Å². The van der Waals surface area contributed by atoms with Crippen LogP contribution in [-0.2, 0) is 17.8 Å². The molecule has 0 atom stereocenters. The molecule has 1 heterocycles. The first-order chi connectivity index (χ1) is 15.0. The molecule has 2 aromatic rings. The molecule has 162 valence electrons. The number of methoxy groups -OCH3 is 1. The number of carbonyl (C=O) groups is 2. The first-order valence-corrected chi connectivity index (χ1v) is 10.00. The lowest BCUT2D eigenvalue weighted by Crippen LogP contribution is -2.31. The number of urea groups is 1. The van der Waals surface area contributed by atoms with Crippen LogP contribution in [0.5, 0.6) is 11.5 Å². The minimum absolute atomic E-state index is 0.213. The van der Waals surface area contributed by atoms with Crippen LogP contribution in [0.2, 0.25) is 0 Å². The smallest absolute Gasteiger partial charge is 0.329 e. The van der Waals surface area contributed by atoms with Gasteiger partial charge >= 0.3 is 6.03 Å². The third kappa shape index (κ3) is 5.12. The Kier molecular flexibility index (Phi) is 7.07. The first kappa shape index (κ1) is 22.1. The second-order valence-corrected chi connectivity index (χ2v) is 7.06. The Morgan fingerprint density at radius 2 is 1.94 bits per heavy atom. The van der Waals surface area contributed by atoms with Gasteiger partial charge in [0.15, 0.2) is 11.5 Å². The van der Waals surface area contributed by atoms with Crippen LogP contribution >= 0.6 is 0 Å². The summed E-state index contributed by atoms with van der Waals surface area (Å²) in [5.41, 5.74) is 2.52. The number of hydrogen-bond acceptors (Lipinski definition) is 4. The van der Waals surface area contributed by atoms with Crippen molar-refractivity contribution in [1.29, 1.82) is 0 Å². The molecule has 0 saturated carbocycles. The van der Waals surface area contributed by atoms with Crippen LogP contribution in [0, 0.1) is 5.82 Å². The zero-order valence-corrected chi connectivity index (χ0v) is 17.6. The van der Waals surface area contributed by atoms with Crippen molar-refractivity contribution in [3.8, 4) is 11.5 Å². The van der Waals surface area contributed by atoms with Crippen molar-refractivity contribution in [2.75, 3.05) is 13.7 Å². The molecule has 2 aromatic carbocycles. The van der Waals surface area contributed by atoms with E-state index in [0.29, 0.717) is 36.4 Å². The largest absolute Gasteiger partial charge is 0.493 e. The fraction of sp³-hybridized carbons (Fsp3) is 0.250. The molecule has 0 radical (unpaired) electrons. The second kappa shape index (κ2) is 9.93. The molecular weight excluding hydrogens is 399 g/mol. The highest BCUT2D eigenvalue weighted by atomic mass is 19.1. The van der Waals surface area contributed by atoms with Gasteiger partial charge in [0.05, 0.1) is 7.11 Å². The minimum Gasteiger partial charge on any atom is -0.493 e. The van der Waals surface area contributed by atoms with E-state index in [-0.39, 0.29) is 24.0 Å². The quantitative estimate of drug-likeness (QED) is 0.367. The van der Waals surface area contributed by atoms with Crippen molar-refractivity contribution in [3.63, 3.8) is 0 Å². The number of allylic oxidation sites excluding steroid dienone is 1. The lowest BCUT2D eigenvalue weighted by atomic mass is 10.0. The van der Waals surface area contributed by atoms with E-state index >= 15 is 0 Å². The summed E-state index contributed by atoms with van der Waals surface area (Å²) in [7, 11) is 1.53. The van der Waals surface area contributed by atoms with Crippen LogP contribution in [0.3, 0.4) is 0 Å². The van der Waals surface area contributed by atoms with Gasteiger partial charge in [-0.15, -0.1) is 6.58 Å². The summed E-state index contributed by atoms with van der Waals surface area (Å²) in [6.45, 7) is 6.30. The van der Waals surface area contributed by atoms with E-state index in [1.165, 1.54) is 24.1 Å². The number of carbonyl (C=O) groups excluding carboxylic acids is 2. The normalized spacial score (nSPS) is 14.7. The second-order valence-electron chi connectivity index (χ2n) is 7.06. The molecule has 1 aliphatic rings. The molecule has 31 heavy (non-hydrogen) atoms. The highest BCUT2D eigenvalue weighted by Gasteiger charge is 2.32. The molecule has 1 aliphatic heterocycles. The average Bonchev–Trinajstić information content (AvgIpc) is 3.01. The summed E-state index contributed by atoms with van der Waals surface area (Å²) in [5, 5.41) is 2.62. The van der Waals surface area contributed by atoms with Gasteiger partial charge in [0, 0.05) is 12.1 Å². The molecule has 1 N–H and O–H groups in total. The number of hydrogen-bond donors (Lipinski definition) is 1. The Balaban J connectivity index is 1.90. The molecule has 3 amide bonds. The molecule has 1 fully saturated rings. The van der Waals surface area contributed by atoms with Gasteiger partial charge in [-0.05, 0) is 54.3 Å². The lowest BCUT2D eigenvalue weighted by molar-refractivity contribution is -0.122. The third-order valence-electron chi connectivity index (χ3n) is 4.76. The lowest BCUT2D eigenvalue weighted by Gasteiger charge is -2.16. The number of rotatable bonds is 9. The molecule has 3 rings (SSSR count). The van der Waals surface area contributed by atoms with Crippen LogP contribution in [0.15, 0.2) is 54.8 Å². The van der Waals surface area contributed by atoms with E-state index in [9.17, 15) is 14.0 Å². The standard InChI is InChI=1S/C24H25FN2O4/c1-4-6-18-12-17(13-20-23(28)27(11-5-2)24(29)26-20)14-21(30-3)22(18)31-15-16-7-9-19(25)10-8-16/h4,7-10,12-14H,1,5-6,11,15H2,2-3H3,(H,26,29)/b20-13+. The maximum atomic E-state index is 13.1. The van der Waals surface area contributed by atoms with E-state index in [1.807, 2.05) is 13.0 Å². The molecule has 6 nitrogen and oxygen atoms in total. The highest BCUT2D eigenvalue weighted by molar-refractivity contribution is 6.14. The summed E-state index contributed by atoms with van der Waals surface area (Å²) < 4.78 is 24.6. The van der Waals surface area contributed by atoms with Crippen LogP contribution < -0.4 is 14.8 Å². The molecule has 7 heteroatoms. The number of halogens is 1. The highest BCUT2D eigenvalue weighted by Crippen LogP contribution is 2.35. The Labute approximate surface area is 181 Å². The fourth-order valence-corrected chi connectivity index (χ4v) is 3.29. The molecule has 0 aromatic heterocycles. The minimum atomic E-state index is -0.421. The van der Waals surface area contributed by atoms with Gasteiger partial charge in [-0.25, -0.2) is 9.18 Å². The van der Waals surface area contributed by atoms with Gasteiger partial charge in [0.25, 0.3) is 5.91 Å². The van der Waals surface area contributed by atoms with Gasteiger partial charge < -0.3 is 14.8 Å². The van der Waals surface area contributed by atoms with Crippen molar-refractivity contribution in [3.05, 3.63) is 77.3 Å². The number of nitrogens with zero attached hydrogens (tertiary/aromatic N) is 1. The van der Waals surface area contributed by atoms with Crippen molar-refractivity contribution in [1.82, 2.24) is 10.2 Å². The van der Waals surface area contributed by atoms with E-state index in [4.69, 9.17) is 9.47 Å². The van der Waals surface area contributed by atoms with Gasteiger partial charge in [0.1, 0.15) is 18.1 Å². The third-order valence-corrected chi connectivity index (χ3v) is 4.76. The monoisotopic (exact) mass is 424 g/mol.